The number of aromatic nitrogens is 8. The summed E-state index contributed by atoms with van der Waals surface area (Å²) in [4.78, 5) is 107. The number of fused-ring (bicyclic) bond motifs is 4. The Morgan fingerprint density at radius 1 is 0.565 bits per heavy atom. The maximum absolute atomic E-state index is 13.4. The van der Waals surface area contributed by atoms with Crippen LogP contribution >= 0.6 is 45.8 Å². The first-order valence-electron chi connectivity index (χ1n) is 38.6. The molecule has 4 saturated heterocycles. The maximum Gasteiger partial charge on any atom is 0.417 e. The Labute approximate surface area is 694 Å². The van der Waals surface area contributed by atoms with Crippen molar-refractivity contribution in [2.45, 2.75) is 231 Å². The lowest BCUT2D eigenvalue weighted by Crippen LogP contribution is -2.47. The molecule has 7 aromatic rings. The largest absolute Gasteiger partial charge is 0.444 e. The highest BCUT2D eigenvalue weighted by Crippen LogP contribution is 2.40. The number of nitrogens with one attached hydrogen (secondary N) is 3. The van der Waals surface area contributed by atoms with Crippen LogP contribution in [0.4, 0.5) is 45.9 Å². The van der Waals surface area contributed by atoms with Crippen LogP contribution in [0.5, 0.6) is 5.75 Å². The molecule has 33 heteroatoms. The van der Waals surface area contributed by atoms with Gasteiger partial charge in [0.2, 0.25) is 29.5 Å². The van der Waals surface area contributed by atoms with Gasteiger partial charge in [-0.2, -0.15) is 20.4 Å². The Kier molecular flexibility index (Phi) is 27.4. The van der Waals surface area contributed by atoms with Crippen LogP contribution in [0.2, 0.25) is 10.0 Å². The fourth-order valence-corrected chi connectivity index (χ4v) is 15.4. The van der Waals surface area contributed by atoms with Crippen molar-refractivity contribution in [2.75, 3.05) is 52.7 Å². The minimum absolute atomic E-state index is 0.0116. The third-order valence-electron chi connectivity index (χ3n) is 20.1. The number of nitrogens with zero attached hydrogens (tertiary/aromatic N) is 14. The standard InChI is InChI=1S/C21H24ClFN4O2.C17H26N4O3.C13H9ClFNO2.C13H20N4O.C12H18IN3O2.C6H11NO/c1-13-10-27-18(17(9-24-27)26-12-21(2,3)8-20(26)29)11-25(13)19(28)7-14-4-5-16(23)15(22)6-14;1-16(2,3)24-15(23)19-6-7-21-13(10-19)12(9-18-21)20-11-17(4,5)8-14(20)22;14-11-8-9(6-7-12(11)15)16-13(17)18-10-4-2-1-3-5-10;1-9-7-17-11(5-14-9)10(6-15-17)16-8-13(2,3)4-12(16)18;1-8-6-16-10(9(13)5-14-16)7-15(8)11(17)18-12(2,3)4;1-6(2)3-5(8)7-4-6/h4-6,9,13H,7-8,10-12H2,1-3H3;9H,6-8,10-11H2,1-5H3;1-8H,(H,16,17);6,9,14H,4-5,7-8H2,1-3H3;5,8H,6-7H2,1-4H3;3-4H2,1-2H3,(H,7,8). The van der Waals surface area contributed by atoms with Crippen molar-refractivity contribution in [1.29, 1.82) is 0 Å². The fraction of sp³-hybridized carbons (Fsp3) is 0.537. The van der Waals surface area contributed by atoms with Crippen molar-refractivity contribution >= 4 is 116 Å². The molecule has 3 aromatic carbocycles. The van der Waals surface area contributed by atoms with Gasteiger partial charge in [-0.05, 0) is 155 Å². The van der Waals surface area contributed by atoms with Crippen LogP contribution in [0.3, 0.4) is 0 Å². The predicted molar refractivity (Wildman–Crippen MR) is 442 cm³/mol. The lowest BCUT2D eigenvalue weighted by molar-refractivity contribution is -0.134. The van der Waals surface area contributed by atoms with Crippen LogP contribution in [0.1, 0.15) is 172 Å². The number of ether oxygens (including phenoxy) is 3. The van der Waals surface area contributed by atoms with E-state index < -0.39 is 28.9 Å². The molecule has 3 N–H and O–H groups in total. The van der Waals surface area contributed by atoms with E-state index in [0.29, 0.717) is 101 Å². The number of halogens is 5. The molecule has 0 bridgehead atoms. The average Bonchev–Trinajstić information content (AvgIpc) is 1.62. The number of rotatable bonds is 7. The number of para-hydroxylation sites is 1. The molecule has 8 aliphatic heterocycles. The summed E-state index contributed by atoms with van der Waals surface area (Å²) in [5.74, 6) is -0.0766. The first kappa shape index (κ1) is 88.2. The van der Waals surface area contributed by atoms with Crippen LogP contribution in [-0.4, -0.2) is 164 Å². The molecule has 8 amide bonds. The predicted octanol–water partition coefficient (Wildman–Crippen LogP) is 14.2. The summed E-state index contributed by atoms with van der Waals surface area (Å²) in [6, 6.07) is 17.3. The van der Waals surface area contributed by atoms with Crippen molar-refractivity contribution in [3.05, 3.63) is 145 Å². The van der Waals surface area contributed by atoms with Gasteiger partial charge in [0.15, 0.2) is 0 Å². The van der Waals surface area contributed by atoms with Crippen molar-refractivity contribution in [3.63, 3.8) is 0 Å². The van der Waals surface area contributed by atoms with E-state index in [1.165, 1.54) is 30.3 Å². The Bertz CT molecular complexity index is 4740. The van der Waals surface area contributed by atoms with Gasteiger partial charge in [0.25, 0.3) is 0 Å². The first-order valence-corrected chi connectivity index (χ1v) is 40.5. The molecular formula is C82H108Cl2F2IN17O11. The molecule has 0 spiro atoms. The van der Waals surface area contributed by atoms with Crippen LogP contribution in [0, 0.1) is 36.9 Å². The number of carbonyl (C=O) groups is 8. The van der Waals surface area contributed by atoms with Gasteiger partial charge in [0, 0.05) is 82.7 Å². The summed E-state index contributed by atoms with van der Waals surface area (Å²) < 4.78 is 51.0. The second-order valence-electron chi connectivity index (χ2n) is 35.6. The third-order valence-corrected chi connectivity index (χ3v) is 21.6. The molecule has 0 saturated carbocycles. The molecule has 622 valence electrons. The van der Waals surface area contributed by atoms with E-state index in [-0.39, 0.29) is 91.9 Å². The topological polar surface area (TPSA) is 291 Å². The lowest BCUT2D eigenvalue weighted by Gasteiger charge is -2.35. The van der Waals surface area contributed by atoms with E-state index in [0.717, 1.165) is 76.1 Å². The van der Waals surface area contributed by atoms with Crippen molar-refractivity contribution in [2.24, 2.45) is 21.7 Å². The van der Waals surface area contributed by atoms with Gasteiger partial charge < -0.3 is 49.3 Å². The molecule has 0 aliphatic carbocycles. The minimum atomic E-state index is -0.663. The number of hydrogen-bond donors (Lipinski definition) is 3. The number of hydrogen-bond acceptors (Lipinski definition) is 16. The molecular weight excluding hydrogens is 1630 g/mol. The van der Waals surface area contributed by atoms with E-state index in [1.54, 1.807) is 67.2 Å². The van der Waals surface area contributed by atoms with Crippen molar-refractivity contribution in [3.8, 4) is 5.75 Å². The zero-order valence-electron chi connectivity index (χ0n) is 68.8. The summed E-state index contributed by atoms with van der Waals surface area (Å²) in [5.41, 5.74) is 6.81. The second kappa shape index (κ2) is 35.7. The van der Waals surface area contributed by atoms with Gasteiger partial charge in [0.05, 0.1) is 137 Å². The van der Waals surface area contributed by atoms with E-state index >= 15 is 0 Å². The van der Waals surface area contributed by atoms with Crippen molar-refractivity contribution < 1.29 is 61.3 Å². The van der Waals surface area contributed by atoms with E-state index in [1.807, 2.05) is 97.5 Å². The zero-order valence-corrected chi connectivity index (χ0v) is 72.4. The smallest absolute Gasteiger partial charge is 0.417 e. The molecule has 4 fully saturated rings. The molecule has 115 heavy (non-hydrogen) atoms. The SMILES string of the molecule is CC1(C)CC(=O)N(c2cnn3c2CN(C(=O)OC(C)(C)C)CC3)C1.CC1(C)CNC(=O)C1.CC1Cn2ncc(I)c2CN1C(=O)OC(C)(C)C.CC1Cn2ncc(N3CC(C)(C)CC3=O)c2CN1.CC1Cn2ncc(N3CC(C)(C)CC3=O)c2CN1C(=O)Cc1ccc(F)c(Cl)c1.O=C(Nc1ccc(F)c(Cl)c1)Oc1ccccc1. The second-order valence-corrected chi connectivity index (χ2v) is 37.6. The van der Waals surface area contributed by atoms with Gasteiger partial charge in [-0.1, -0.05) is 103 Å². The van der Waals surface area contributed by atoms with E-state index in [2.05, 4.69) is 121 Å². The Morgan fingerprint density at radius 2 is 1.04 bits per heavy atom. The van der Waals surface area contributed by atoms with Crippen LogP contribution in [0.15, 0.2) is 91.5 Å². The molecule has 3 atom stereocenters. The quantitative estimate of drug-likeness (QED) is 0.125. The van der Waals surface area contributed by atoms with Gasteiger partial charge in [-0.3, -0.25) is 52.9 Å². The van der Waals surface area contributed by atoms with Crippen LogP contribution in [-0.2, 0) is 92.2 Å². The summed E-state index contributed by atoms with van der Waals surface area (Å²) >= 11 is 13.7. The number of anilines is 4. The van der Waals surface area contributed by atoms with Gasteiger partial charge in [-0.25, -0.2) is 23.2 Å². The van der Waals surface area contributed by atoms with E-state index in [4.69, 9.17) is 37.4 Å². The van der Waals surface area contributed by atoms with E-state index in [9.17, 15) is 47.1 Å². The fourth-order valence-electron chi connectivity index (χ4n) is 14.4. The number of amides is 8. The average molecular weight is 1740 g/mol. The molecule has 3 unspecified atom stereocenters. The molecule has 8 aliphatic rings. The molecule has 0 radical (unpaired) electrons. The van der Waals surface area contributed by atoms with Crippen LogP contribution < -0.4 is 35.4 Å². The van der Waals surface area contributed by atoms with Crippen molar-refractivity contribution in [1.82, 2.24) is 64.5 Å². The Morgan fingerprint density at radius 3 is 1.54 bits per heavy atom. The monoisotopic (exact) mass is 1740 g/mol. The maximum atomic E-state index is 13.4. The normalized spacial score (nSPS) is 20.0. The summed E-state index contributed by atoms with van der Waals surface area (Å²) in [5, 5.41) is 26.2. The van der Waals surface area contributed by atoms with Gasteiger partial charge >= 0.3 is 18.3 Å². The van der Waals surface area contributed by atoms with Gasteiger partial charge in [0.1, 0.15) is 28.6 Å². The minimum Gasteiger partial charge on any atom is -0.444 e. The van der Waals surface area contributed by atoms with Crippen LogP contribution in [0.25, 0.3) is 0 Å². The van der Waals surface area contributed by atoms with Gasteiger partial charge in [-0.15, -0.1) is 0 Å². The molecule has 12 heterocycles. The molecule has 28 nitrogen and oxygen atoms in total. The number of benzene rings is 3. The number of carbonyl (C=O) groups excluding carboxylic acids is 8. The first-order chi connectivity index (χ1) is 53.7. The zero-order chi connectivity index (χ0) is 84.2. The molecule has 15 rings (SSSR count). The Hall–Kier alpha value is -9.21. The summed E-state index contributed by atoms with van der Waals surface area (Å²) in [6.07, 6.45) is 8.40. The highest BCUT2D eigenvalue weighted by Gasteiger charge is 2.43. The lowest BCUT2D eigenvalue weighted by atomic mass is 9.93. The molecule has 4 aromatic heterocycles. The third kappa shape index (κ3) is 23.3. The summed E-state index contributed by atoms with van der Waals surface area (Å²) in [6.45, 7) is 42.6. The Balaban J connectivity index is 0.000000150. The summed E-state index contributed by atoms with van der Waals surface area (Å²) in [7, 11) is 0. The highest BCUT2D eigenvalue weighted by atomic mass is 127. The highest BCUT2D eigenvalue weighted by molar-refractivity contribution is 14.1.